The molecule has 1 aliphatic carbocycles. The van der Waals surface area contributed by atoms with Crippen LogP contribution in [0.25, 0.3) is 0 Å². The van der Waals surface area contributed by atoms with Crippen LogP contribution >= 0.6 is 15.9 Å². The SMILES string of the molecule is Cc1cc(Br)c(NCC2(CO)CCCCC2)cc1[N+](=O)[O-]. The van der Waals surface area contributed by atoms with Gasteiger partial charge in [-0.15, -0.1) is 0 Å². The molecule has 1 fully saturated rings. The number of anilines is 1. The van der Waals surface area contributed by atoms with Gasteiger partial charge in [0, 0.05) is 28.1 Å². The molecule has 0 bridgehead atoms. The van der Waals surface area contributed by atoms with Crippen LogP contribution in [0, 0.1) is 22.5 Å². The fourth-order valence-corrected chi connectivity index (χ4v) is 3.57. The molecule has 1 aromatic rings. The maximum atomic E-state index is 11.0. The van der Waals surface area contributed by atoms with E-state index in [-0.39, 0.29) is 22.6 Å². The quantitative estimate of drug-likeness (QED) is 0.617. The van der Waals surface area contributed by atoms with Crippen LogP contribution in [0.5, 0.6) is 0 Å². The Labute approximate surface area is 133 Å². The third kappa shape index (κ3) is 3.74. The van der Waals surface area contributed by atoms with Gasteiger partial charge in [-0.3, -0.25) is 10.1 Å². The Bertz CT molecular complexity index is 528. The van der Waals surface area contributed by atoms with Gasteiger partial charge in [0.2, 0.25) is 0 Å². The molecule has 2 N–H and O–H groups in total. The molecule has 1 aromatic carbocycles. The van der Waals surface area contributed by atoms with Crippen molar-refractivity contribution in [2.24, 2.45) is 5.41 Å². The minimum atomic E-state index is -0.366. The summed E-state index contributed by atoms with van der Waals surface area (Å²) in [6.07, 6.45) is 5.50. The number of aryl methyl sites for hydroxylation is 1. The number of nitro benzene ring substituents is 1. The molecule has 21 heavy (non-hydrogen) atoms. The van der Waals surface area contributed by atoms with Gasteiger partial charge in [-0.25, -0.2) is 0 Å². The molecular formula is C15H21BrN2O3. The first-order chi connectivity index (χ1) is 9.97. The van der Waals surface area contributed by atoms with Crippen LogP contribution in [0.3, 0.4) is 0 Å². The van der Waals surface area contributed by atoms with Gasteiger partial charge >= 0.3 is 0 Å². The van der Waals surface area contributed by atoms with E-state index in [4.69, 9.17) is 0 Å². The van der Waals surface area contributed by atoms with Crippen LogP contribution in [-0.4, -0.2) is 23.2 Å². The molecule has 2 rings (SSSR count). The summed E-state index contributed by atoms with van der Waals surface area (Å²) in [6, 6.07) is 3.32. The van der Waals surface area contributed by atoms with E-state index in [1.54, 1.807) is 19.1 Å². The highest BCUT2D eigenvalue weighted by Gasteiger charge is 2.31. The average molecular weight is 357 g/mol. The summed E-state index contributed by atoms with van der Waals surface area (Å²) in [6.45, 7) is 2.52. The molecule has 0 heterocycles. The van der Waals surface area contributed by atoms with Crippen molar-refractivity contribution < 1.29 is 10.0 Å². The van der Waals surface area contributed by atoms with Gasteiger partial charge in [0.25, 0.3) is 5.69 Å². The largest absolute Gasteiger partial charge is 0.396 e. The number of rotatable bonds is 5. The van der Waals surface area contributed by atoms with E-state index in [0.29, 0.717) is 17.8 Å². The van der Waals surface area contributed by atoms with Crippen LogP contribution in [0.4, 0.5) is 11.4 Å². The van der Waals surface area contributed by atoms with Crippen molar-refractivity contribution in [3.63, 3.8) is 0 Å². The van der Waals surface area contributed by atoms with Crippen LogP contribution in [0.1, 0.15) is 37.7 Å². The van der Waals surface area contributed by atoms with Gasteiger partial charge in [0.1, 0.15) is 0 Å². The fourth-order valence-electron chi connectivity index (χ4n) is 2.97. The van der Waals surface area contributed by atoms with Crippen molar-refractivity contribution in [1.82, 2.24) is 0 Å². The summed E-state index contributed by atoms with van der Waals surface area (Å²) in [7, 11) is 0. The molecule has 0 aliphatic heterocycles. The van der Waals surface area contributed by atoms with Crippen molar-refractivity contribution in [1.29, 1.82) is 0 Å². The monoisotopic (exact) mass is 356 g/mol. The number of nitro groups is 1. The van der Waals surface area contributed by atoms with Crippen LogP contribution < -0.4 is 5.32 Å². The highest BCUT2D eigenvalue weighted by Crippen LogP contribution is 2.37. The highest BCUT2D eigenvalue weighted by atomic mass is 79.9. The smallest absolute Gasteiger partial charge is 0.274 e. The van der Waals surface area contributed by atoms with E-state index in [9.17, 15) is 15.2 Å². The van der Waals surface area contributed by atoms with Crippen LogP contribution in [0.15, 0.2) is 16.6 Å². The molecular weight excluding hydrogens is 336 g/mol. The van der Waals surface area contributed by atoms with Crippen molar-refractivity contribution in [3.8, 4) is 0 Å². The van der Waals surface area contributed by atoms with E-state index in [1.807, 2.05) is 0 Å². The lowest BCUT2D eigenvalue weighted by molar-refractivity contribution is -0.385. The van der Waals surface area contributed by atoms with Crippen molar-refractivity contribution in [2.45, 2.75) is 39.0 Å². The Balaban J connectivity index is 2.15. The molecule has 0 amide bonds. The molecule has 0 unspecified atom stereocenters. The Kier molecular flexibility index (Phi) is 5.22. The predicted octanol–water partition coefficient (Wildman–Crippen LogP) is 4.02. The van der Waals surface area contributed by atoms with Crippen molar-refractivity contribution >= 4 is 27.3 Å². The van der Waals surface area contributed by atoms with Crippen molar-refractivity contribution in [3.05, 3.63) is 32.3 Å². The number of aliphatic hydroxyl groups is 1. The molecule has 1 saturated carbocycles. The lowest BCUT2D eigenvalue weighted by atomic mass is 9.74. The number of benzene rings is 1. The number of nitrogens with one attached hydrogen (secondary N) is 1. The predicted molar refractivity (Wildman–Crippen MR) is 86.6 cm³/mol. The second-order valence-electron chi connectivity index (χ2n) is 5.95. The molecule has 0 atom stereocenters. The minimum Gasteiger partial charge on any atom is -0.396 e. The van der Waals surface area contributed by atoms with E-state index in [0.717, 1.165) is 30.2 Å². The third-order valence-corrected chi connectivity index (χ3v) is 5.04. The van der Waals surface area contributed by atoms with Crippen LogP contribution in [-0.2, 0) is 0 Å². The minimum absolute atomic E-state index is 0.0998. The van der Waals surface area contributed by atoms with E-state index in [2.05, 4.69) is 21.2 Å². The summed E-state index contributed by atoms with van der Waals surface area (Å²) in [5.41, 5.74) is 1.36. The van der Waals surface area contributed by atoms with Gasteiger partial charge in [-0.2, -0.15) is 0 Å². The highest BCUT2D eigenvalue weighted by molar-refractivity contribution is 9.10. The van der Waals surface area contributed by atoms with Crippen LogP contribution in [0.2, 0.25) is 0 Å². The average Bonchev–Trinajstić information content (AvgIpc) is 2.47. The Morgan fingerprint density at radius 3 is 2.62 bits per heavy atom. The number of nitrogens with zero attached hydrogens (tertiary/aromatic N) is 1. The standard InChI is InChI=1S/C15H21BrN2O3/c1-11-7-12(16)13(8-14(11)18(20)21)17-9-15(10-19)5-3-2-4-6-15/h7-8,17,19H,2-6,9-10H2,1H3. The van der Waals surface area contributed by atoms with E-state index < -0.39 is 0 Å². The zero-order chi connectivity index (χ0) is 15.5. The van der Waals surface area contributed by atoms with Crippen molar-refractivity contribution in [2.75, 3.05) is 18.5 Å². The third-order valence-electron chi connectivity index (χ3n) is 4.39. The Hall–Kier alpha value is -1.14. The van der Waals surface area contributed by atoms with Gasteiger partial charge in [0.05, 0.1) is 17.2 Å². The zero-order valence-electron chi connectivity index (χ0n) is 12.2. The number of hydrogen-bond acceptors (Lipinski definition) is 4. The molecule has 1 aliphatic rings. The normalized spacial score (nSPS) is 17.5. The van der Waals surface area contributed by atoms with E-state index in [1.165, 1.54) is 6.42 Å². The lowest BCUT2D eigenvalue weighted by Gasteiger charge is -2.36. The maximum Gasteiger partial charge on any atom is 0.274 e. The summed E-state index contributed by atoms with van der Waals surface area (Å²) in [4.78, 5) is 10.7. The molecule has 6 heteroatoms. The molecule has 0 saturated heterocycles. The fraction of sp³-hybridized carbons (Fsp3) is 0.600. The van der Waals surface area contributed by atoms with Gasteiger partial charge < -0.3 is 10.4 Å². The van der Waals surface area contributed by atoms with Gasteiger partial charge in [-0.1, -0.05) is 19.3 Å². The first-order valence-corrected chi connectivity index (χ1v) is 8.06. The zero-order valence-corrected chi connectivity index (χ0v) is 13.8. The first kappa shape index (κ1) is 16.2. The summed E-state index contributed by atoms with van der Waals surface area (Å²) in [5.74, 6) is 0. The summed E-state index contributed by atoms with van der Waals surface area (Å²) in [5, 5.41) is 24.0. The second kappa shape index (κ2) is 6.75. The second-order valence-corrected chi connectivity index (χ2v) is 6.80. The van der Waals surface area contributed by atoms with Gasteiger partial charge in [0.15, 0.2) is 0 Å². The maximum absolute atomic E-state index is 11.0. The molecule has 0 radical (unpaired) electrons. The Morgan fingerprint density at radius 1 is 1.38 bits per heavy atom. The lowest BCUT2D eigenvalue weighted by Crippen LogP contribution is -2.35. The summed E-state index contributed by atoms with van der Waals surface area (Å²) >= 11 is 3.45. The van der Waals surface area contributed by atoms with Gasteiger partial charge in [-0.05, 0) is 41.8 Å². The first-order valence-electron chi connectivity index (χ1n) is 7.27. The van der Waals surface area contributed by atoms with E-state index >= 15 is 0 Å². The molecule has 116 valence electrons. The molecule has 0 aromatic heterocycles. The number of halogens is 1. The molecule has 0 spiro atoms. The number of hydrogen-bond donors (Lipinski definition) is 2. The summed E-state index contributed by atoms with van der Waals surface area (Å²) < 4.78 is 0.814. The molecule has 5 nitrogen and oxygen atoms in total. The Morgan fingerprint density at radius 2 is 2.05 bits per heavy atom. The number of aliphatic hydroxyl groups excluding tert-OH is 1. The topological polar surface area (TPSA) is 75.4 Å².